The van der Waals surface area contributed by atoms with Gasteiger partial charge in [-0.2, -0.15) is 0 Å². The van der Waals surface area contributed by atoms with Crippen molar-refractivity contribution >= 4 is 5.91 Å². The fourth-order valence-electron chi connectivity index (χ4n) is 3.89. The van der Waals surface area contributed by atoms with Crippen LogP contribution in [-0.4, -0.2) is 53.8 Å². The molecule has 0 bridgehead atoms. The molecule has 0 aromatic heterocycles. The molecule has 0 spiro atoms. The van der Waals surface area contributed by atoms with Gasteiger partial charge in [-0.05, 0) is 42.9 Å². The molecule has 2 heterocycles. The average Bonchev–Trinajstić information content (AvgIpc) is 3.27. The summed E-state index contributed by atoms with van der Waals surface area (Å²) in [4.78, 5) is 14.7. The van der Waals surface area contributed by atoms with Gasteiger partial charge in [-0.1, -0.05) is 12.1 Å². The van der Waals surface area contributed by atoms with E-state index in [1.807, 2.05) is 6.07 Å². The predicted molar refractivity (Wildman–Crippen MR) is 86.2 cm³/mol. The lowest BCUT2D eigenvalue weighted by molar-refractivity contribution is -0.121. The number of phenolic OH excluding ortho intramolecular Hbond substituents is 1. The number of morpholine rings is 1. The topological polar surface area (TPSA) is 61.8 Å². The summed E-state index contributed by atoms with van der Waals surface area (Å²) in [6.07, 6.45) is 4.33. The van der Waals surface area contributed by atoms with Gasteiger partial charge in [-0.15, -0.1) is 0 Å². The molecule has 1 saturated carbocycles. The van der Waals surface area contributed by atoms with E-state index in [2.05, 4.69) is 10.2 Å². The SMILES string of the molecule is O=C(Cc1cccc(O)c1)N[C@H]1C[C@H]2CO[C@@H](C3CC3)CN2C1. The molecule has 0 radical (unpaired) electrons. The van der Waals surface area contributed by atoms with Crippen molar-refractivity contribution < 1.29 is 14.6 Å². The van der Waals surface area contributed by atoms with Crippen LogP contribution in [-0.2, 0) is 16.0 Å². The van der Waals surface area contributed by atoms with E-state index in [4.69, 9.17) is 4.74 Å². The van der Waals surface area contributed by atoms with Crippen LogP contribution in [0.2, 0.25) is 0 Å². The van der Waals surface area contributed by atoms with Crippen LogP contribution in [0.4, 0.5) is 0 Å². The smallest absolute Gasteiger partial charge is 0.224 e. The summed E-state index contributed by atoms with van der Waals surface area (Å²) >= 11 is 0. The Kier molecular flexibility index (Phi) is 3.99. The first kappa shape index (κ1) is 15.0. The van der Waals surface area contributed by atoms with Crippen molar-refractivity contribution in [2.24, 2.45) is 5.92 Å². The Labute approximate surface area is 136 Å². The van der Waals surface area contributed by atoms with Crippen molar-refractivity contribution in [3.63, 3.8) is 0 Å². The highest BCUT2D eigenvalue weighted by Crippen LogP contribution is 2.37. The van der Waals surface area contributed by atoms with E-state index >= 15 is 0 Å². The summed E-state index contributed by atoms with van der Waals surface area (Å²) in [6, 6.07) is 7.56. The largest absolute Gasteiger partial charge is 0.508 e. The second kappa shape index (κ2) is 6.13. The van der Waals surface area contributed by atoms with E-state index < -0.39 is 0 Å². The van der Waals surface area contributed by atoms with E-state index in [0.717, 1.165) is 37.6 Å². The monoisotopic (exact) mass is 316 g/mol. The summed E-state index contributed by atoms with van der Waals surface area (Å²) in [5.74, 6) is 1.01. The Bertz CT molecular complexity index is 587. The van der Waals surface area contributed by atoms with Gasteiger partial charge in [0.25, 0.3) is 0 Å². The van der Waals surface area contributed by atoms with Crippen molar-refractivity contribution in [1.29, 1.82) is 0 Å². The maximum Gasteiger partial charge on any atom is 0.224 e. The Hall–Kier alpha value is -1.59. The molecule has 23 heavy (non-hydrogen) atoms. The van der Waals surface area contributed by atoms with Crippen molar-refractivity contribution in [1.82, 2.24) is 10.2 Å². The molecule has 1 aromatic rings. The quantitative estimate of drug-likeness (QED) is 0.879. The Morgan fingerprint density at radius 2 is 2.22 bits per heavy atom. The fraction of sp³-hybridized carbons (Fsp3) is 0.611. The maximum absolute atomic E-state index is 12.2. The molecule has 4 rings (SSSR count). The van der Waals surface area contributed by atoms with Crippen LogP contribution in [0.25, 0.3) is 0 Å². The van der Waals surface area contributed by atoms with E-state index in [9.17, 15) is 9.90 Å². The van der Waals surface area contributed by atoms with E-state index in [-0.39, 0.29) is 17.7 Å². The first-order valence-corrected chi connectivity index (χ1v) is 8.60. The van der Waals surface area contributed by atoms with Gasteiger partial charge < -0.3 is 15.2 Å². The minimum Gasteiger partial charge on any atom is -0.508 e. The second-order valence-corrected chi connectivity index (χ2v) is 7.16. The van der Waals surface area contributed by atoms with Crippen LogP contribution in [0.1, 0.15) is 24.8 Å². The first-order valence-electron chi connectivity index (χ1n) is 8.60. The molecule has 2 N–H and O–H groups in total. The minimum atomic E-state index is 0.0279. The molecule has 1 amide bonds. The Morgan fingerprint density at radius 1 is 1.35 bits per heavy atom. The van der Waals surface area contributed by atoms with Crippen LogP contribution < -0.4 is 5.32 Å². The molecular weight excluding hydrogens is 292 g/mol. The van der Waals surface area contributed by atoms with Crippen molar-refractivity contribution in [3.05, 3.63) is 29.8 Å². The third kappa shape index (κ3) is 3.51. The number of nitrogens with one attached hydrogen (secondary N) is 1. The number of carbonyl (C=O) groups excluding carboxylic acids is 1. The van der Waals surface area contributed by atoms with Crippen LogP contribution in [0, 0.1) is 5.92 Å². The predicted octanol–water partition coefficient (Wildman–Crippen LogP) is 1.30. The number of ether oxygens (including phenoxy) is 1. The second-order valence-electron chi connectivity index (χ2n) is 7.16. The van der Waals surface area contributed by atoms with Gasteiger partial charge in [-0.25, -0.2) is 0 Å². The minimum absolute atomic E-state index is 0.0279. The number of fused-ring (bicyclic) bond motifs is 1. The summed E-state index contributed by atoms with van der Waals surface area (Å²) in [7, 11) is 0. The molecular formula is C18H24N2O3. The number of hydrogen-bond acceptors (Lipinski definition) is 4. The summed E-state index contributed by atoms with van der Waals surface area (Å²) < 4.78 is 6.00. The zero-order valence-corrected chi connectivity index (χ0v) is 13.3. The van der Waals surface area contributed by atoms with Gasteiger partial charge in [0.15, 0.2) is 0 Å². The summed E-state index contributed by atoms with van der Waals surface area (Å²) in [5, 5.41) is 12.6. The van der Waals surface area contributed by atoms with E-state index in [1.165, 1.54) is 12.8 Å². The van der Waals surface area contributed by atoms with Crippen LogP contribution >= 0.6 is 0 Å². The van der Waals surface area contributed by atoms with Crippen LogP contribution in [0.3, 0.4) is 0 Å². The van der Waals surface area contributed by atoms with Gasteiger partial charge in [0.1, 0.15) is 5.75 Å². The molecule has 2 saturated heterocycles. The molecule has 3 fully saturated rings. The van der Waals surface area contributed by atoms with Crippen molar-refractivity contribution in [2.45, 2.75) is 43.9 Å². The van der Waals surface area contributed by atoms with Gasteiger partial charge >= 0.3 is 0 Å². The third-order valence-corrected chi connectivity index (χ3v) is 5.23. The first-order chi connectivity index (χ1) is 11.2. The molecule has 3 aliphatic rings. The number of nitrogens with zero attached hydrogens (tertiary/aromatic N) is 1. The third-order valence-electron chi connectivity index (χ3n) is 5.23. The molecule has 0 unspecified atom stereocenters. The fourth-order valence-corrected chi connectivity index (χ4v) is 3.89. The molecule has 124 valence electrons. The normalized spacial score (nSPS) is 30.9. The summed E-state index contributed by atoms with van der Waals surface area (Å²) in [5.41, 5.74) is 0.843. The van der Waals surface area contributed by atoms with Gasteiger partial charge in [-0.3, -0.25) is 9.69 Å². The van der Waals surface area contributed by atoms with E-state index in [1.54, 1.807) is 18.2 Å². The lowest BCUT2D eigenvalue weighted by Crippen LogP contribution is -2.47. The van der Waals surface area contributed by atoms with Gasteiger partial charge in [0.2, 0.25) is 5.91 Å². The van der Waals surface area contributed by atoms with Gasteiger partial charge in [0.05, 0.1) is 19.1 Å². The highest BCUT2D eigenvalue weighted by molar-refractivity contribution is 5.79. The maximum atomic E-state index is 12.2. The van der Waals surface area contributed by atoms with Crippen molar-refractivity contribution in [3.8, 4) is 5.75 Å². The zero-order chi connectivity index (χ0) is 15.8. The number of carbonyl (C=O) groups is 1. The molecule has 3 atom stereocenters. The number of amides is 1. The number of benzene rings is 1. The van der Waals surface area contributed by atoms with E-state index in [0.29, 0.717) is 18.6 Å². The number of hydrogen-bond donors (Lipinski definition) is 2. The average molecular weight is 316 g/mol. The van der Waals surface area contributed by atoms with Crippen molar-refractivity contribution in [2.75, 3.05) is 19.7 Å². The highest BCUT2D eigenvalue weighted by atomic mass is 16.5. The Balaban J connectivity index is 1.29. The Morgan fingerprint density at radius 3 is 3.00 bits per heavy atom. The zero-order valence-electron chi connectivity index (χ0n) is 13.3. The standard InChI is InChI=1S/C18H24N2O3/c21-16-3-1-2-12(6-16)7-18(22)19-14-8-15-11-23-17(13-4-5-13)10-20(15)9-14/h1-3,6,13-15,17,21H,4-5,7-11H2,(H,19,22)/t14-,15-,17+/m0/s1. The van der Waals surface area contributed by atoms with Crippen LogP contribution in [0.15, 0.2) is 24.3 Å². The molecule has 2 aliphatic heterocycles. The number of aromatic hydroxyl groups is 1. The number of phenols is 1. The summed E-state index contributed by atoms with van der Waals surface area (Å²) in [6.45, 7) is 2.76. The van der Waals surface area contributed by atoms with Gasteiger partial charge in [0, 0.05) is 25.2 Å². The molecule has 5 nitrogen and oxygen atoms in total. The lowest BCUT2D eigenvalue weighted by atomic mass is 10.1. The number of rotatable bonds is 4. The molecule has 1 aliphatic carbocycles. The highest BCUT2D eigenvalue weighted by Gasteiger charge is 2.42. The lowest BCUT2D eigenvalue weighted by Gasteiger charge is -2.35. The van der Waals surface area contributed by atoms with Crippen LogP contribution in [0.5, 0.6) is 5.75 Å². The molecule has 5 heteroatoms. The molecule has 1 aromatic carbocycles.